The van der Waals surface area contributed by atoms with Gasteiger partial charge in [0, 0.05) is 36.6 Å². The van der Waals surface area contributed by atoms with Crippen molar-refractivity contribution in [2.45, 2.75) is 31.9 Å². The molecule has 2 aromatic carbocycles. The minimum atomic E-state index is 0.0764. The molecule has 0 N–H and O–H groups in total. The number of likely N-dealkylation sites (tertiary alicyclic amines) is 1. The van der Waals surface area contributed by atoms with E-state index in [1.807, 2.05) is 18.2 Å². The maximum absolute atomic E-state index is 6.52. The van der Waals surface area contributed by atoms with Crippen molar-refractivity contribution in [3.8, 4) is 23.0 Å². The minimum absolute atomic E-state index is 0.0764. The Morgan fingerprint density at radius 3 is 2.37 bits per heavy atom. The van der Waals surface area contributed by atoms with Crippen molar-refractivity contribution in [2.24, 2.45) is 5.92 Å². The Morgan fingerprint density at radius 2 is 1.67 bits per heavy atom. The van der Waals surface area contributed by atoms with Gasteiger partial charge in [0.05, 0.1) is 7.11 Å². The van der Waals surface area contributed by atoms with Crippen molar-refractivity contribution in [3.05, 3.63) is 47.5 Å². The average Bonchev–Trinajstić information content (AvgIpc) is 3.38. The number of hydrogen-bond donors (Lipinski definition) is 0. The summed E-state index contributed by atoms with van der Waals surface area (Å²) in [5, 5.41) is 0. The van der Waals surface area contributed by atoms with E-state index in [0.29, 0.717) is 5.92 Å². The molecule has 0 radical (unpaired) electrons. The van der Waals surface area contributed by atoms with Gasteiger partial charge in [-0.25, -0.2) is 0 Å². The molecule has 0 unspecified atom stereocenters. The van der Waals surface area contributed by atoms with Gasteiger partial charge in [0.15, 0.2) is 17.7 Å². The minimum Gasteiger partial charge on any atom is -0.497 e. The molecule has 0 saturated carbocycles. The largest absolute Gasteiger partial charge is 0.497 e. The lowest BCUT2D eigenvalue weighted by Gasteiger charge is -2.42. The predicted octanol–water partition coefficient (Wildman–Crippen LogP) is 4.01. The fourth-order valence-corrected chi connectivity index (χ4v) is 4.67. The highest BCUT2D eigenvalue weighted by molar-refractivity contribution is 5.56. The van der Waals surface area contributed by atoms with E-state index in [0.717, 1.165) is 36.1 Å². The van der Waals surface area contributed by atoms with Crippen molar-refractivity contribution < 1.29 is 18.9 Å². The van der Waals surface area contributed by atoms with Gasteiger partial charge in [-0.1, -0.05) is 19.1 Å². The van der Waals surface area contributed by atoms with Crippen molar-refractivity contribution in [2.75, 3.05) is 27.0 Å². The third-order valence-electron chi connectivity index (χ3n) is 6.04. The average molecular weight is 367 g/mol. The maximum atomic E-state index is 6.52. The zero-order valence-electron chi connectivity index (χ0n) is 15.8. The van der Waals surface area contributed by atoms with Crippen molar-refractivity contribution in [1.82, 2.24) is 4.90 Å². The van der Waals surface area contributed by atoms with Gasteiger partial charge in [0.25, 0.3) is 0 Å². The Hall–Kier alpha value is -2.40. The number of nitrogens with zero attached hydrogens (tertiary/aromatic N) is 1. The van der Waals surface area contributed by atoms with Gasteiger partial charge in [-0.3, -0.25) is 4.90 Å². The lowest BCUT2D eigenvalue weighted by atomic mass is 9.78. The molecule has 3 heterocycles. The second-order valence-electron chi connectivity index (χ2n) is 7.60. The smallest absolute Gasteiger partial charge is 0.231 e. The summed E-state index contributed by atoms with van der Waals surface area (Å²) in [6, 6.07) is 12.5. The highest BCUT2D eigenvalue weighted by Crippen LogP contribution is 2.50. The summed E-state index contributed by atoms with van der Waals surface area (Å²) in [6.45, 7) is 4.77. The Labute approximate surface area is 159 Å². The van der Waals surface area contributed by atoms with Crippen LogP contribution < -0.4 is 18.9 Å². The lowest BCUT2D eigenvalue weighted by molar-refractivity contribution is -0.0178. The number of benzene rings is 2. The summed E-state index contributed by atoms with van der Waals surface area (Å²) in [5.74, 6) is 3.93. The van der Waals surface area contributed by atoms with Gasteiger partial charge in [-0.2, -0.15) is 0 Å². The van der Waals surface area contributed by atoms with E-state index in [2.05, 4.69) is 30.0 Å². The quantitative estimate of drug-likeness (QED) is 0.820. The Bertz CT molecular complexity index is 829. The summed E-state index contributed by atoms with van der Waals surface area (Å²) < 4.78 is 23.1. The molecule has 5 rings (SSSR count). The van der Waals surface area contributed by atoms with Crippen LogP contribution in [0.25, 0.3) is 0 Å². The maximum Gasteiger partial charge on any atom is 0.231 e. The van der Waals surface area contributed by atoms with Crippen LogP contribution in [0.5, 0.6) is 23.0 Å². The summed E-state index contributed by atoms with van der Waals surface area (Å²) in [6.07, 6.45) is 2.56. The van der Waals surface area contributed by atoms with E-state index in [4.69, 9.17) is 18.9 Å². The second-order valence-corrected chi connectivity index (χ2v) is 7.60. The molecule has 1 saturated heterocycles. The molecule has 0 bridgehead atoms. The Morgan fingerprint density at radius 1 is 0.963 bits per heavy atom. The molecular weight excluding hydrogens is 342 g/mol. The van der Waals surface area contributed by atoms with Crippen LogP contribution in [0.4, 0.5) is 0 Å². The topological polar surface area (TPSA) is 40.2 Å². The van der Waals surface area contributed by atoms with E-state index < -0.39 is 0 Å². The monoisotopic (exact) mass is 367 g/mol. The van der Waals surface area contributed by atoms with Crippen LogP contribution in [-0.2, 0) is 0 Å². The van der Waals surface area contributed by atoms with Gasteiger partial charge in [-0.15, -0.1) is 0 Å². The van der Waals surface area contributed by atoms with Crippen LogP contribution in [0.2, 0.25) is 0 Å². The first-order valence-corrected chi connectivity index (χ1v) is 9.73. The third kappa shape index (κ3) is 2.81. The van der Waals surface area contributed by atoms with E-state index in [-0.39, 0.29) is 18.9 Å². The molecule has 0 amide bonds. The van der Waals surface area contributed by atoms with E-state index in [1.54, 1.807) is 7.11 Å². The predicted molar refractivity (Wildman–Crippen MR) is 102 cm³/mol. The highest BCUT2D eigenvalue weighted by Gasteiger charge is 2.41. The van der Waals surface area contributed by atoms with Crippen LogP contribution >= 0.6 is 0 Å². The van der Waals surface area contributed by atoms with Crippen LogP contribution in [0.3, 0.4) is 0 Å². The zero-order chi connectivity index (χ0) is 18.4. The molecular formula is C22H25NO4. The second kappa shape index (κ2) is 6.64. The number of fused-ring (bicyclic) bond motifs is 2. The fourth-order valence-electron chi connectivity index (χ4n) is 4.67. The fraction of sp³-hybridized carbons (Fsp3) is 0.455. The zero-order valence-corrected chi connectivity index (χ0v) is 15.8. The SMILES string of the molecule is COc1ccc([C@H]2c3cc4c(cc3O[C@@H](N3CCCC3)[C@@H]2C)OCO4)cc1. The number of methoxy groups -OCH3 is 1. The van der Waals surface area contributed by atoms with Crippen LogP contribution in [-0.4, -0.2) is 38.1 Å². The summed E-state index contributed by atoms with van der Waals surface area (Å²) in [4.78, 5) is 2.48. The lowest BCUT2D eigenvalue weighted by Crippen LogP contribution is -2.46. The van der Waals surface area contributed by atoms with Crippen molar-refractivity contribution in [3.63, 3.8) is 0 Å². The molecule has 0 aliphatic carbocycles. The molecule has 5 nitrogen and oxygen atoms in total. The normalized spacial score (nSPS) is 26.5. The molecule has 5 heteroatoms. The Balaban J connectivity index is 1.60. The Kier molecular flexibility index (Phi) is 4.12. The van der Waals surface area contributed by atoms with Gasteiger partial charge in [0.2, 0.25) is 6.79 Å². The standard InChI is InChI=1S/C22H25NO4/c1-14-21(15-5-7-16(24-2)8-6-15)17-11-19-20(26-13-25-19)12-18(17)27-22(14)23-9-3-4-10-23/h5-8,11-12,14,21-22H,3-4,9-10,13H2,1-2H3/t14-,21+,22-/m1/s1. The van der Waals surface area contributed by atoms with Gasteiger partial charge in [-0.05, 0) is 36.6 Å². The highest BCUT2D eigenvalue weighted by atomic mass is 16.7. The first-order valence-electron chi connectivity index (χ1n) is 9.73. The van der Waals surface area contributed by atoms with Crippen LogP contribution in [0.1, 0.15) is 36.8 Å². The molecule has 0 spiro atoms. The van der Waals surface area contributed by atoms with Gasteiger partial charge in [0.1, 0.15) is 11.5 Å². The molecule has 2 aromatic rings. The summed E-state index contributed by atoms with van der Waals surface area (Å²) in [5.41, 5.74) is 2.45. The first-order chi connectivity index (χ1) is 13.2. The van der Waals surface area contributed by atoms with Crippen molar-refractivity contribution >= 4 is 0 Å². The van der Waals surface area contributed by atoms with E-state index in [1.165, 1.54) is 24.0 Å². The molecule has 0 aromatic heterocycles. The molecule has 27 heavy (non-hydrogen) atoms. The van der Waals surface area contributed by atoms with Gasteiger partial charge < -0.3 is 18.9 Å². The first kappa shape index (κ1) is 16.8. The summed E-state index contributed by atoms with van der Waals surface area (Å²) >= 11 is 0. The third-order valence-corrected chi connectivity index (χ3v) is 6.04. The van der Waals surface area contributed by atoms with Gasteiger partial charge >= 0.3 is 0 Å². The van der Waals surface area contributed by atoms with Crippen LogP contribution in [0, 0.1) is 5.92 Å². The van der Waals surface area contributed by atoms with E-state index in [9.17, 15) is 0 Å². The molecule has 1 fully saturated rings. The van der Waals surface area contributed by atoms with Crippen molar-refractivity contribution in [1.29, 1.82) is 0 Å². The number of rotatable bonds is 3. The molecule has 3 aliphatic heterocycles. The number of ether oxygens (including phenoxy) is 4. The molecule has 3 atom stereocenters. The molecule has 142 valence electrons. The molecule has 3 aliphatic rings. The van der Waals surface area contributed by atoms with E-state index >= 15 is 0 Å². The van der Waals surface area contributed by atoms with Crippen LogP contribution in [0.15, 0.2) is 36.4 Å². The summed E-state index contributed by atoms with van der Waals surface area (Å²) in [7, 11) is 1.70. The number of hydrogen-bond acceptors (Lipinski definition) is 5.